The van der Waals surface area contributed by atoms with Crippen LogP contribution in [0.4, 0.5) is 0 Å². The third-order valence-electron chi connectivity index (χ3n) is 3.16. The van der Waals surface area contributed by atoms with E-state index in [-0.39, 0.29) is 0 Å². The number of oxazole rings is 1. The van der Waals surface area contributed by atoms with E-state index in [2.05, 4.69) is 39.1 Å². The molecular formula is C16H27N3O. The molecule has 20 heavy (non-hydrogen) atoms. The summed E-state index contributed by atoms with van der Waals surface area (Å²) in [4.78, 5) is 3.56. The molecule has 0 aliphatic heterocycles. The van der Waals surface area contributed by atoms with Gasteiger partial charge in [0.25, 0.3) is 0 Å². The van der Waals surface area contributed by atoms with Crippen molar-refractivity contribution >= 4 is 0 Å². The smallest absolute Gasteiger partial charge is 0.180 e. The van der Waals surface area contributed by atoms with Gasteiger partial charge in [0.05, 0.1) is 6.20 Å². The molecular weight excluding hydrogens is 250 g/mol. The van der Waals surface area contributed by atoms with Crippen LogP contribution in [0.1, 0.15) is 58.1 Å². The standard InChI is InChI=1S/C13H24N2.C3H3NO/c1-3-5-7-9-13-10-11-14-15(13)12-8-6-4-2;1-2-5-3-4-1/h10-11H,3-9,12H2,1-2H3;1-3H. The largest absolute Gasteiger partial charge is 0.452 e. The Labute approximate surface area is 122 Å². The Hall–Kier alpha value is -1.58. The molecule has 0 aliphatic carbocycles. The third kappa shape index (κ3) is 7.12. The molecule has 0 amide bonds. The Kier molecular flexibility index (Phi) is 9.28. The lowest BCUT2D eigenvalue weighted by Crippen LogP contribution is -2.05. The van der Waals surface area contributed by atoms with Crippen molar-refractivity contribution in [3.05, 3.63) is 36.8 Å². The summed E-state index contributed by atoms with van der Waals surface area (Å²) in [6, 6.07) is 2.17. The molecule has 2 rings (SSSR count). The predicted molar refractivity (Wildman–Crippen MR) is 81.5 cm³/mol. The molecule has 0 spiro atoms. The summed E-state index contributed by atoms with van der Waals surface area (Å²) in [5.74, 6) is 0. The normalized spacial score (nSPS) is 10.1. The molecule has 0 aliphatic rings. The van der Waals surface area contributed by atoms with E-state index in [9.17, 15) is 0 Å². The van der Waals surface area contributed by atoms with Crippen molar-refractivity contribution < 1.29 is 4.42 Å². The van der Waals surface area contributed by atoms with Gasteiger partial charge in [-0.25, -0.2) is 4.98 Å². The third-order valence-corrected chi connectivity index (χ3v) is 3.16. The first kappa shape index (κ1) is 16.5. The van der Waals surface area contributed by atoms with Crippen molar-refractivity contribution in [3.8, 4) is 0 Å². The zero-order valence-corrected chi connectivity index (χ0v) is 12.8. The van der Waals surface area contributed by atoms with E-state index in [0.717, 1.165) is 6.54 Å². The molecule has 0 aromatic carbocycles. The second-order valence-electron chi connectivity index (χ2n) is 4.89. The lowest BCUT2D eigenvalue weighted by molar-refractivity contribution is 0.526. The number of aromatic nitrogens is 3. The number of aryl methyl sites for hydroxylation is 2. The van der Waals surface area contributed by atoms with Gasteiger partial charge >= 0.3 is 0 Å². The van der Waals surface area contributed by atoms with Crippen molar-refractivity contribution in [2.45, 2.75) is 65.3 Å². The summed E-state index contributed by atoms with van der Waals surface area (Å²) in [5, 5.41) is 4.38. The van der Waals surface area contributed by atoms with Gasteiger partial charge < -0.3 is 4.42 Å². The first-order valence-electron chi connectivity index (χ1n) is 7.71. The van der Waals surface area contributed by atoms with Crippen LogP contribution < -0.4 is 0 Å². The highest BCUT2D eigenvalue weighted by atomic mass is 16.3. The minimum absolute atomic E-state index is 1.10. The minimum Gasteiger partial charge on any atom is -0.452 e. The van der Waals surface area contributed by atoms with E-state index in [1.54, 1.807) is 6.20 Å². The van der Waals surface area contributed by atoms with Crippen molar-refractivity contribution in [1.29, 1.82) is 0 Å². The number of hydrogen-bond donors (Lipinski definition) is 0. The van der Waals surface area contributed by atoms with Gasteiger partial charge in [0.15, 0.2) is 6.39 Å². The van der Waals surface area contributed by atoms with E-state index in [4.69, 9.17) is 0 Å². The molecule has 0 bridgehead atoms. The molecule has 4 heteroatoms. The van der Waals surface area contributed by atoms with Crippen LogP contribution in [0.2, 0.25) is 0 Å². The van der Waals surface area contributed by atoms with E-state index in [1.165, 1.54) is 63.3 Å². The molecule has 0 atom stereocenters. The van der Waals surface area contributed by atoms with Gasteiger partial charge in [0.1, 0.15) is 6.26 Å². The highest BCUT2D eigenvalue weighted by Gasteiger charge is 2.01. The first-order valence-corrected chi connectivity index (χ1v) is 7.71. The molecule has 2 aromatic rings. The van der Waals surface area contributed by atoms with Gasteiger partial charge in [-0.2, -0.15) is 5.10 Å². The molecule has 2 aromatic heterocycles. The van der Waals surface area contributed by atoms with Gasteiger partial charge in [-0.3, -0.25) is 4.68 Å². The lowest BCUT2D eigenvalue weighted by Gasteiger charge is -2.06. The monoisotopic (exact) mass is 277 g/mol. The SMILES string of the molecule is CCCCCc1ccnn1CCCCC.c1cocn1. The average Bonchev–Trinajstić information content (AvgIpc) is 3.14. The van der Waals surface area contributed by atoms with Crippen LogP contribution in [0.25, 0.3) is 0 Å². The average molecular weight is 277 g/mol. The Balaban J connectivity index is 0.000000333. The Morgan fingerprint density at radius 1 is 1.05 bits per heavy atom. The van der Waals surface area contributed by atoms with Crippen LogP contribution in [0.3, 0.4) is 0 Å². The second-order valence-corrected chi connectivity index (χ2v) is 4.89. The molecule has 0 saturated carbocycles. The van der Waals surface area contributed by atoms with Crippen LogP contribution in [0, 0.1) is 0 Å². The van der Waals surface area contributed by atoms with E-state index in [0.29, 0.717) is 0 Å². The molecule has 2 heterocycles. The summed E-state index contributed by atoms with van der Waals surface area (Å²) in [7, 11) is 0. The maximum Gasteiger partial charge on any atom is 0.180 e. The van der Waals surface area contributed by atoms with E-state index in [1.807, 2.05) is 6.20 Å². The topological polar surface area (TPSA) is 43.9 Å². The molecule has 0 saturated heterocycles. The fraction of sp³-hybridized carbons (Fsp3) is 0.625. The maximum atomic E-state index is 4.47. The summed E-state index contributed by atoms with van der Waals surface area (Å²) in [6.45, 7) is 5.59. The number of hydrogen-bond acceptors (Lipinski definition) is 3. The summed E-state index contributed by atoms with van der Waals surface area (Å²) in [5.41, 5.74) is 1.42. The van der Waals surface area contributed by atoms with E-state index < -0.39 is 0 Å². The number of rotatable bonds is 8. The number of nitrogens with zero attached hydrogens (tertiary/aromatic N) is 3. The molecule has 0 unspecified atom stereocenters. The quantitative estimate of drug-likeness (QED) is 0.668. The summed E-state index contributed by atoms with van der Waals surface area (Å²) < 4.78 is 6.66. The minimum atomic E-state index is 1.10. The van der Waals surface area contributed by atoms with Crippen molar-refractivity contribution in [3.63, 3.8) is 0 Å². The molecule has 0 fully saturated rings. The zero-order valence-electron chi connectivity index (χ0n) is 12.8. The van der Waals surface area contributed by atoms with Gasteiger partial charge in [-0.05, 0) is 25.3 Å². The fourth-order valence-corrected chi connectivity index (χ4v) is 2.02. The second kappa shape index (κ2) is 11.3. The van der Waals surface area contributed by atoms with Gasteiger partial charge in [-0.15, -0.1) is 0 Å². The fourth-order valence-electron chi connectivity index (χ4n) is 2.02. The highest BCUT2D eigenvalue weighted by molar-refractivity contribution is 5.00. The zero-order chi connectivity index (χ0) is 14.5. The van der Waals surface area contributed by atoms with Gasteiger partial charge in [0.2, 0.25) is 0 Å². The van der Waals surface area contributed by atoms with Crippen LogP contribution >= 0.6 is 0 Å². The molecule has 112 valence electrons. The van der Waals surface area contributed by atoms with Gasteiger partial charge in [0, 0.05) is 18.4 Å². The van der Waals surface area contributed by atoms with Crippen LogP contribution in [-0.2, 0) is 13.0 Å². The predicted octanol–water partition coefficient (Wildman–Crippen LogP) is 4.48. The Morgan fingerprint density at radius 3 is 2.45 bits per heavy atom. The highest BCUT2D eigenvalue weighted by Crippen LogP contribution is 2.08. The van der Waals surface area contributed by atoms with Crippen molar-refractivity contribution in [2.75, 3.05) is 0 Å². The van der Waals surface area contributed by atoms with Crippen LogP contribution in [0.5, 0.6) is 0 Å². The van der Waals surface area contributed by atoms with Gasteiger partial charge in [-0.1, -0.05) is 39.5 Å². The number of unbranched alkanes of at least 4 members (excludes halogenated alkanes) is 4. The van der Waals surface area contributed by atoms with Crippen LogP contribution in [-0.4, -0.2) is 14.8 Å². The Bertz CT molecular complexity index is 367. The van der Waals surface area contributed by atoms with Crippen molar-refractivity contribution in [1.82, 2.24) is 14.8 Å². The van der Waals surface area contributed by atoms with Crippen molar-refractivity contribution in [2.24, 2.45) is 0 Å². The van der Waals surface area contributed by atoms with E-state index >= 15 is 0 Å². The molecule has 0 radical (unpaired) electrons. The molecule has 4 nitrogen and oxygen atoms in total. The molecule has 0 N–H and O–H groups in total. The lowest BCUT2D eigenvalue weighted by atomic mass is 10.1. The maximum absolute atomic E-state index is 4.47. The first-order chi connectivity index (χ1) is 9.88. The summed E-state index contributed by atoms with van der Waals surface area (Å²) >= 11 is 0. The van der Waals surface area contributed by atoms with Crippen LogP contribution in [0.15, 0.2) is 35.5 Å². The Morgan fingerprint density at radius 2 is 1.85 bits per heavy atom. The summed E-state index contributed by atoms with van der Waals surface area (Å²) in [6.07, 6.45) is 15.4.